The van der Waals surface area contributed by atoms with E-state index in [9.17, 15) is 8.42 Å². The van der Waals surface area contributed by atoms with Crippen LogP contribution in [-0.2, 0) is 9.84 Å². The van der Waals surface area contributed by atoms with Crippen LogP contribution in [0.5, 0.6) is 0 Å². The number of sulfone groups is 1. The molecule has 0 spiro atoms. The zero-order valence-electron chi connectivity index (χ0n) is 13.4. The van der Waals surface area contributed by atoms with Crippen molar-refractivity contribution in [1.82, 2.24) is 0 Å². The molecule has 0 heterocycles. The first-order chi connectivity index (χ1) is 9.82. The average Bonchev–Trinajstić information content (AvgIpc) is 2.37. The first-order valence-electron chi connectivity index (χ1n) is 7.64. The molecule has 5 heteroatoms. The van der Waals surface area contributed by atoms with E-state index in [1.807, 2.05) is 6.07 Å². The van der Waals surface area contributed by atoms with Crippen LogP contribution in [0.2, 0.25) is 0 Å². The first kappa shape index (κ1) is 17.8. The molecule has 1 rings (SSSR count). The maximum absolute atomic E-state index is 11.6. The van der Waals surface area contributed by atoms with Gasteiger partial charge in [0.2, 0.25) is 0 Å². The maximum atomic E-state index is 11.6. The van der Waals surface area contributed by atoms with Crippen LogP contribution < -0.4 is 11.1 Å². The smallest absolute Gasteiger partial charge is 0.177 e. The van der Waals surface area contributed by atoms with Gasteiger partial charge >= 0.3 is 0 Å². The number of hydrogen-bond acceptors (Lipinski definition) is 4. The van der Waals surface area contributed by atoms with Crippen LogP contribution in [0, 0.1) is 5.92 Å². The molecule has 0 fully saturated rings. The molecule has 120 valence electrons. The van der Waals surface area contributed by atoms with Crippen molar-refractivity contribution in [2.75, 3.05) is 23.9 Å². The molecule has 0 bridgehead atoms. The summed E-state index contributed by atoms with van der Waals surface area (Å²) >= 11 is 0. The summed E-state index contributed by atoms with van der Waals surface area (Å²) in [6.45, 7) is 5.32. The number of nitrogen functional groups attached to an aromatic ring is 1. The number of para-hydroxylation sites is 1. The zero-order chi connectivity index (χ0) is 15.9. The van der Waals surface area contributed by atoms with E-state index >= 15 is 0 Å². The number of anilines is 2. The van der Waals surface area contributed by atoms with Gasteiger partial charge in [0.25, 0.3) is 0 Å². The monoisotopic (exact) mass is 312 g/mol. The van der Waals surface area contributed by atoms with Crippen LogP contribution in [-0.4, -0.2) is 21.2 Å². The number of rotatable bonds is 9. The summed E-state index contributed by atoms with van der Waals surface area (Å²) in [5.74, 6) is 0.779. The third-order valence-corrected chi connectivity index (χ3v) is 4.64. The maximum Gasteiger partial charge on any atom is 0.177 e. The highest BCUT2D eigenvalue weighted by Crippen LogP contribution is 2.26. The minimum Gasteiger partial charge on any atom is -0.396 e. The Morgan fingerprint density at radius 1 is 1.14 bits per heavy atom. The van der Waals surface area contributed by atoms with Gasteiger partial charge in [-0.2, -0.15) is 0 Å². The lowest BCUT2D eigenvalue weighted by molar-refractivity contribution is 0.523. The second-order valence-electron chi connectivity index (χ2n) is 6.01. The molecule has 1 aromatic carbocycles. The summed E-state index contributed by atoms with van der Waals surface area (Å²) in [6, 6.07) is 5.09. The zero-order valence-corrected chi connectivity index (χ0v) is 14.2. The van der Waals surface area contributed by atoms with E-state index in [4.69, 9.17) is 5.73 Å². The quantitative estimate of drug-likeness (QED) is 0.539. The number of nitrogens with one attached hydrogen (secondary N) is 1. The van der Waals surface area contributed by atoms with Gasteiger partial charge in [-0.15, -0.1) is 0 Å². The SMILES string of the molecule is CC(C)CCCCCCNc1cccc(S(C)(=O)=O)c1N. The summed E-state index contributed by atoms with van der Waals surface area (Å²) in [4.78, 5) is 0.199. The van der Waals surface area contributed by atoms with Gasteiger partial charge in [-0.25, -0.2) is 8.42 Å². The molecule has 0 aliphatic heterocycles. The molecule has 0 aromatic heterocycles. The molecule has 0 saturated heterocycles. The van der Waals surface area contributed by atoms with Crippen molar-refractivity contribution in [3.8, 4) is 0 Å². The van der Waals surface area contributed by atoms with E-state index in [1.54, 1.807) is 12.1 Å². The predicted octanol–water partition coefficient (Wildman–Crippen LogP) is 3.69. The molecule has 0 aliphatic carbocycles. The van der Waals surface area contributed by atoms with Crippen molar-refractivity contribution in [2.24, 2.45) is 5.92 Å². The van der Waals surface area contributed by atoms with Crippen LogP contribution in [0.25, 0.3) is 0 Å². The first-order valence-corrected chi connectivity index (χ1v) is 9.54. The van der Waals surface area contributed by atoms with Crippen molar-refractivity contribution in [1.29, 1.82) is 0 Å². The number of benzene rings is 1. The topological polar surface area (TPSA) is 72.2 Å². The van der Waals surface area contributed by atoms with Crippen molar-refractivity contribution in [3.63, 3.8) is 0 Å². The highest BCUT2D eigenvalue weighted by atomic mass is 32.2. The minimum absolute atomic E-state index is 0.199. The molecular weight excluding hydrogens is 284 g/mol. The van der Waals surface area contributed by atoms with E-state index in [-0.39, 0.29) is 4.90 Å². The Morgan fingerprint density at radius 2 is 1.81 bits per heavy atom. The lowest BCUT2D eigenvalue weighted by Gasteiger charge is -2.12. The van der Waals surface area contributed by atoms with E-state index in [0.29, 0.717) is 11.4 Å². The largest absolute Gasteiger partial charge is 0.396 e. The third-order valence-electron chi connectivity index (χ3n) is 3.49. The molecule has 0 atom stereocenters. The fraction of sp³-hybridized carbons (Fsp3) is 0.625. The van der Waals surface area contributed by atoms with Crippen molar-refractivity contribution in [3.05, 3.63) is 18.2 Å². The second kappa shape index (κ2) is 8.27. The minimum atomic E-state index is -3.27. The van der Waals surface area contributed by atoms with Gasteiger partial charge in [0.15, 0.2) is 9.84 Å². The Bertz CT molecular complexity index is 539. The fourth-order valence-electron chi connectivity index (χ4n) is 2.28. The van der Waals surface area contributed by atoms with Gasteiger partial charge in [-0.1, -0.05) is 45.6 Å². The summed E-state index contributed by atoms with van der Waals surface area (Å²) < 4.78 is 23.2. The molecule has 0 radical (unpaired) electrons. The Hall–Kier alpha value is -1.23. The standard InChI is InChI=1S/C16H28N2O2S/c1-13(2)9-6-4-5-7-12-18-14-10-8-11-15(16(14)17)21(3,19)20/h8,10-11,13,18H,4-7,9,12,17H2,1-3H3. The van der Waals surface area contributed by atoms with Gasteiger partial charge in [0.1, 0.15) is 0 Å². The summed E-state index contributed by atoms with van der Waals surface area (Å²) in [5.41, 5.74) is 6.95. The van der Waals surface area contributed by atoms with Gasteiger partial charge < -0.3 is 11.1 Å². The van der Waals surface area contributed by atoms with Crippen LogP contribution in [0.1, 0.15) is 46.0 Å². The number of unbranched alkanes of at least 4 members (excludes halogenated alkanes) is 3. The highest BCUT2D eigenvalue weighted by molar-refractivity contribution is 7.90. The highest BCUT2D eigenvalue weighted by Gasteiger charge is 2.13. The van der Waals surface area contributed by atoms with Gasteiger partial charge in [-0.3, -0.25) is 0 Å². The van der Waals surface area contributed by atoms with Crippen LogP contribution >= 0.6 is 0 Å². The Kier molecular flexibility index (Phi) is 7.02. The van der Waals surface area contributed by atoms with Gasteiger partial charge in [0, 0.05) is 12.8 Å². The van der Waals surface area contributed by atoms with E-state index in [0.717, 1.165) is 18.9 Å². The molecule has 4 nitrogen and oxygen atoms in total. The predicted molar refractivity (Wildman–Crippen MR) is 90.4 cm³/mol. The lowest BCUT2D eigenvalue weighted by atomic mass is 10.0. The van der Waals surface area contributed by atoms with Gasteiger partial charge in [0.05, 0.1) is 16.3 Å². The number of hydrogen-bond donors (Lipinski definition) is 2. The third kappa shape index (κ3) is 6.38. The Labute approximate surface area is 129 Å². The Morgan fingerprint density at radius 3 is 2.43 bits per heavy atom. The van der Waals surface area contributed by atoms with Crippen LogP contribution in [0.3, 0.4) is 0 Å². The van der Waals surface area contributed by atoms with Crippen LogP contribution in [0.15, 0.2) is 23.1 Å². The summed E-state index contributed by atoms with van der Waals surface area (Å²) in [7, 11) is -3.27. The molecule has 0 aliphatic rings. The lowest BCUT2D eigenvalue weighted by Crippen LogP contribution is -2.08. The summed E-state index contributed by atoms with van der Waals surface area (Å²) in [6.07, 6.45) is 7.25. The van der Waals surface area contributed by atoms with Crippen molar-refractivity contribution >= 4 is 21.2 Å². The van der Waals surface area contributed by atoms with E-state index in [2.05, 4.69) is 19.2 Å². The summed E-state index contributed by atoms with van der Waals surface area (Å²) in [5, 5.41) is 3.24. The normalized spacial score (nSPS) is 11.8. The molecular formula is C16H28N2O2S. The van der Waals surface area contributed by atoms with E-state index < -0.39 is 9.84 Å². The average molecular weight is 312 g/mol. The molecule has 0 unspecified atom stereocenters. The molecule has 0 saturated carbocycles. The second-order valence-corrected chi connectivity index (χ2v) is 8.00. The fourth-order valence-corrected chi connectivity index (χ4v) is 3.11. The van der Waals surface area contributed by atoms with E-state index in [1.165, 1.54) is 31.9 Å². The van der Waals surface area contributed by atoms with Crippen molar-refractivity contribution < 1.29 is 8.42 Å². The molecule has 0 amide bonds. The Balaban J connectivity index is 2.40. The molecule has 21 heavy (non-hydrogen) atoms. The number of nitrogens with two attached hydrogens (primary N) is 1. The van der Waals surface area contributed by atoms with Crippen LogP contribution in [0.4, 0.5) is 11.4 Å². The van der Waals surface area contributed by atoms with Gasteiger partial charge in [-0.05, 0) is 24.5 Å². The van der Waals surface area contributed by atoms with Crippen molar-refractivity contribution in [2.45, 2.75) is 50.8 Å². The molecule has 1 aromatic rings. The molecule has 3 N–H and O–H groups in total.